The van der Waals surface area contributed by atoms with Gasteiger partial charge in [-0.2, -0.15) is 0 Å². The average Bonchev–Trinajstić information content (AvgIpc) is 2.38. The zero-order chi connectivity index (χ0) is 14.0. The van der Waals surface area contributed by atoms with Crippen LogP contribution in [-0.2, 0) is 0 Å². The van der Waals surface area contributed by atoms with Gasteiger partial charge in [0.2, 0.25) is 0 Å². The summed E-state index contributed by atoms with van der Waals surface area (Å²) in [6, 6.07) is 8.15. The molecule has 96 valence electrons. The van der Waals surface area contributed by atoms with Crippen molar-refractivity contribution in [2.45, 2.75) is 0 Å². The van der Waals surface area contributed by atoms with Crippen LogP contribution in [0.1, 0.15) is 15.9 Å². The fourth-order valence-electron chi connectivity index (χ4n) is 1.47. The lowest BCUT2D eigenvalue weighted by Gasteiger charge is -2.03. The molecule has 0 unspecified atom stereocenters. The molecule has 0 aliphatic heterocycles. The first-order valence-corrected chi connectivity index (χ1v) is 5.86. The standard InChI is InChI=1S/C12H6Cl2N2O3/c13-10-6-5-9(12(14)15-10)11(17)7-1-3-8(4-2-7)16(18)19/h1-6H. The molecule has 1 heterocycles. The molecule has 0 N–H and O–H groups in total. The number of nitro benzene ring substituents is 1. The lowest BCUT2D eigenvalue weighted by molar-refractivity contribution is -0.384. The zero-order valence-corrected chi connectivity index (χ0v) is 10.9. The summed E-state index contributed by atoms with van der Waals surface area (Å²) in [6.07, 6.45) is 0. The molecule has 2 rings (SSSR count). The molecule has 0 saturated heterocycles. The minimum absolute atomic E-state index is 0.00384. The van der Waals surface area contributed by atoms with E-state index in [1.807, 2.05) is 0 Å². The lowest BCUT2D eigenvalue weighted by Crippen LogP contribution is -2.03. The number of benzene rings is 1. The summed E-state index contributed by atoms with van der Waals surface area (Å²) in [6.45, 7) is 0. The highest BCUT2D eigenvalue weighted by Crippen LogP contribution is 2.21. The molecule has 19 heavy (non-hydrogen) atoms. The molecule has 0 saturated carbocycles. The molecule has 0 aliphatic rings. The van der Waals surface area contributed by atoms with Gasteiger partial charge in [-0.1, -0.05) is 23.2 Å². The van der Waals surface area contributed by atoms with Crippen molar-refractivity contribution in [3.05, 3.63) is 67.9 Å². The Labute approximate surface area is 117 Å². The number of carbonyl (C=O) groups is 1. The van der Waals surface area contributed by atoms with Crippen LogP contribution in [0.4, 0.5) is 5.69 Å². The Kier molecular flexibility index (Phi) is 3.78. The number of non-ortho nitro benzene ring substituents is 1. The first-order valence-electron chi connectivity index (χ1n) is 5.10. The highest BCUT2D eigenvalue weighted by molar-refractivity contribution is 6.35. The van der Waals surface area contributed by atoms with Gasteiger partial charge in [0.1, 0.15) is 10.3 Å². The van der Waals surface area contributed by atoms with Crippen molar-refractivity contribution in [2.24, 2.45) is 0 Å². The molecule has 1 aromatic heterocycles. The summed E-state index contributed by atoms with van der Waals surface area (Å²) in [7, 11) is 0. The highest BCUT2D eigenvalue weighted by Gasteiger charge is 2.15. The van der Waals surface area contributed by atoms with Gasteiger partial charge in [0.15, 0.2) is 5.78 Å². The summed E-state index contributed by atoms with van der Waals surface area (Å²) in [5, 5.41) is 10.7. The van der Waals surface area contributed by atoms with Crippen LogP contribution in [0.3, 0.4) is 0 Å². The number of halogens is 2. The maximum absolute atomic E-state index is 12.1. The summed E-state index contributed by atoms with van der Waals surface area (Å²) in [5.41, 5.74) is 0.397. The van der Waals surface area contributed by atoms with E-state index < -0.39 is 4.92 Å². The topological polar surface area (TPSA) is 73.1 Å². The van der Waals surface area contributed by atoms with E-state index in [-0.39, 0.29) is 32.9 Å². The maximum Gasteiger partial charge on any atom is 0.269 e. The number of aromatic nitrogens is 1. The van der Waals surface area contributed by atoms with Crippen LogP contribution >= 0.6 is 23.2 Å². The van der Waals surface area contributed by atoms with Crippen LogP contribution in [0.25, 0.3) is 0 Å². The first-order chi connectivity index (χ1) is 8.99. The first kappa shape index (κ1) is 13.5. The number of nitrogens with zero attached hydrogens (tertiary/aromatic N) is 2. The third-order valence-corrected chi connectivity index (χ3v) is 2.90. The van der Waals surface area contributed by atoms with Gasteiger partial charge in [0, 0.05) is 17.7 Å². The minimum atomic E-state index is -0.537. The Bertz CT molecular complexity index is 657. The number of hydrogen-bond acceptors (Lipinski definition) is 4. The largest absolute Gasteiger partial charge is 0.288 e. The van der Waals surface area contributed by atoms with E-state index >= 15 is 0 Å². The lowest BCUT2D eigenvalue weighted by atomic mass is 10.0. The summed E-state index contributed by atoms with van der Waals surface area (Å²) in [4.78, 5) is 25.9. The third-order valence-electron chi connectivity index (χ3n) is 2.40. The Morgan fingerprint density at radius 2 is 1.74 bits per heavy atom. The molecule has 0 amide bonds. The number of carbonyl (C=O) groups excluding carboxylic acids is 1. The maximum atomic E-state index is 12.1. The van der Waals surface area contributed by atoms with Crippen molar-refractivity contribution in [2.75, 3.05) is 0 Å². The second-order valence-electron chi connectivity index (χ2n) is 3.61. The van der Waals surface area contributed by atoms with E-state index in [1.165, 1.54) is 36.4 Å². The minimum Gasteiger partial charge on any atom is -0.288 e. The fraction of sp³-hybridized carbons (Fsp3) is 0. The monoisotopic (exact) mass is 296 g/mol. The molecule has 7 heteroatoms. The van der Waals surface area contributed by atoms with Crippen molar-refractivity contribution in [1.82, 2.24) is 4.98 Å². The van der Waals surface area contributed by atoms with Crippen molar-refractivity contribution < 1.29 is 9.72 Å². The van der Waals surface area contributed by atoms with Crippen LogP contribution in [0.5, 0.6) is 0 Å². The van der Waals surface area contributed by atoms with Crippen molar-refractivity contribution in [1.29, 1.82) is 0 Å². The average molecular weight is 297 g/mol. The second kappa shape index (κ2) is 5.34. The number of ketones is 1. The molecular weight excluding hydrogens is 291 g/mol. The van der Waals surface area contributed by atoms with Crippen LogP contribution in [-0.4, -0.2) is 15.7 Å². The van der Waals surface area contributed by atoms with E-state index in [4.69, 9.17) is 23.2 Å². The number of hydrogen-bond donors (Lipinski definition) is 0. The van der Waals surface area contributed by atoms with E-state index in [0.29, 0.717) is 0 Å². The second-order valence-corrected chi connectivity index (χ2v) is 4.35. The van der Waals surface area contributed by atoms with Gasteiger partial charge >= 0.3 is 0 Å². The molecule has 0 fully saturated rings. The number of pyridine rings is 1. The molecule has 5 nitrogen and oxygen atoms in total. The van der Waals surface area contributed by atoms with Gasteiger partial charge in [0.05, 0.1) is 10.5 Å². The number of rotatable bonds is 3. The van der Waals surface area contributed by atoms with Gasteiger partial charge in [-0.25, -0.2) is 4.98 Å². The van der Waals surface area contributed by atoms with Crippen molar-refractivity contribution in [3.63, 3.8) is 0 Å². The molecule has 0 bridgehead atoms. The zero-order valence-electron chi connectivity index (χ0n) is 9.34. The molecule has 0 spiro atoms. The predicted molar refractivity (Wildman–Crippen MR) is 70.8 cm³/mol. The smallest absolute Gasteiger partial charge is 0.269 e. The number of nitro groups is 1. The van der Waals surface area contributed by atoms with E-state index in [2.05, 4.69) is 4.98 Å². The predicted octanol–water partition coefficient (Wildman–Crippen LogP) is 3.53. The molecule has 1 aromatic carbocycles. The molecule has 0 atom stereocenters. The van der Waals surface area contributed by atoms with Crippen molar-refractivity contribution >= 4 is 34.7 Å². The molecule has 2 aromatic rings. The molecule has 0 aliphatic carbocycles. The highest BCUT2D eigenvalue weighted by atomic mass is 35.5. The fourth-order valence-corrected chi connectivity index (χ4v) is 1.90. The van der Waals surface area contributed by atoms with Crippen LogP contribution in [0.2, 0.25) is 10.3 Å². The Hall–Kier alpha value is -1.98. The van der Waals surface area contributed by atoms with Gasteiger partial charge in [-0.15, -0.1) is 0 Å². The SMILES string of the molecule is O=C(c1ccc([N+](=O)[O-])cc1)c1ccc(Cl)nc1Cl. The summed E-state index contributed by atoms with van der Waals surface area (Å²) >= 11 is 11.5. The van der Waals surface area contributed by atoms with Gasteiger partial charge in [0.25, 0.3) is 5.69 Å². The third kappa shape index (κ3) is 2.89. The van der Waals surface area contributed by atoms with Gasteiger partial charge in [-0.05, 0) is 24.3 Å². The molecule has 0 radical (unpaired) electrons. The Morgan fingerprint density at radius 1 is 1.11 bits per heavy atom. The molecular formula is C12H6Cl2N2O3. The van der Waals surface area contributed by atoms with Crippen LogP contribution in [0, 0.1) is 10.1 Å². The Balaban J connectivity index is 2.36. The van der Waals surface area contributed by atoms with Gasteiger partial charge in [-0.3, -0.25) is 14.9 Å². The van der Waals surface area contributed by atoms with Crippen molar-refractivity contribution in [3.8, 4) is 0 Å². The summed E-state index contributed by atoms with van der Waals surface area (Å²) < 4.78 is 0. The van der Waals surface area contributed by atoms with E-state index in [9.17, 15) is 14.9 Å². The Morgan fingerprint density at radius 3 is 2.26 bits per heavy atom. The quantitative estimate of drug-likeness (QED) is 0.376. The van der Waals surface area contributed by atoms with E-state index in [1.54, 1.807) is 0 Å². The van der Waals surface area contributed by atoms with Crippen LogP contribution < -0.4 is 0 Å². The van der Waals surface area contributed by atoms with E-state index in [0.717, 1.165) is 0 Å². The normalized spacial score (nSPS) is 10.2. The van der Waals surface area contributed by atoms with Gasteiger partial charge < -0.3 is 0 Å². The van der Waals surface area contributed by atoms with Crippen LogP contribution in [0.15, 0.2) is 36.4 Å². The summed E-state index contributed by atoms with van der Waals surface area (Å²) in [5.74, 6) is -0.371.